The molecule has 0 N–H and O–H groups in total. The van der Waals surface area contributed by atoms with Gasteiger partial charge in [-0.15, -0.1) is 0 Å². The summed E-state index contributed by atoms with van der Waals surface area (Å²) in [4.78, 5) is 30.0. The number of aryl methyl sites for hydroxylation is 1. The Morgan fingerprint density at radius 1 is 1.07 bits per heavy atom. The number of ether oxygens (including phenoxy) is 1. The molecule has 1 fully saturated rings. The summed E-state index contributed by atoms with van der Waals surface area (Å²) >= 11 is 0. The number of rotatable bonds is 3. The van der Waals surface area contributed by atoms with Crippen LogP contribution < -0.4 is 9.64 Å². The van der Waals surface area contributed by atoms with E-state index in [1.54, 1.807) is 12.0 Å². The highest BCUT2D eigenvalue weighted by Gasteiger charge is 2.35. The van der Waals surface area contributed by atoms with Crippen LogP contribution in [0.1, 0.15) is 40.7 Å². The number of fused-ring (bicyclic) bond motifs is 1. The van der Waals surface area contributed by atoms with Gasteiger partial charge in [-0.2, -0.15) is 0 Å². The fraction of sp³-hybridized carbons (Fsp3) is 0.417. The molecule has 2 aromatic carbocycles. The highest BCUT2D eigenvalue weighted by molar-refractivity contribution is 5.99. The predicted octanol–water partition coefficient (Wildman–Crippen LogP) is 3.97. The lowest BCUT2D eigenvalue weighted by Gasteiger charge is -2.38. The Balaban J connectivity index is 1.55. The van der Waals surface area contributed by atoms with Crippen LogP contribution in [0.4, 0.5) is 10.1 Å². The first-order valence-corrected chi connectivity index (χ1v) is 10.5. The van der Waals surface area contributed by atoms with Crippen LogP contribution in [0.3, 0.4) is 0 Å². The predicted molar refractivity (Wildman–Crippen MR) is 113 cm³/mol. The summed E-state index contributed by atoms with van der Waals surface area (Å²) in [5.41, 5.74) is 3.67. The average Bonchev–Trinajstić information content (AvgIpc) is 2.79. The van der Waals surface area contributed by atoms with Crippen molar-refractivity contribution in [3.63, 3.8) is 0 Å². The lowest BCUT2D eigenvalue weighted by atomic mass is 9.92. The fourth-order valence-corrected chi connectivity index (χ4v) is 4.60. The molecule has 1 unspecified atom stereocenters. The minimum absolute atomic E-state index is 0.0523. The summed E-state index contributed by atoms with van der Waals surface area (Å²) in [5, 5.41) is 0. The number of piperidine rings is 1. The maximum absolute atomic E-state index is 13.5. The lowest BCUT2D eigenvalue weighted by Crippen LogP contribution is -2.48. The highest BCUT2D eigenvalue weighted by atomic mass is 19.1. The Labute approximate surface area is 176 Å². The van der Waals surface area contributed by atoms with Crippen molar-refractivity contribution in [2.75, 3.05) is 31.6 Å². The zero-order chi connectivity index (χ0) is 21.3. The molecule has 2 aromatic rings. The average molecular weight is 410 g/mol. The summed E-state index contributed by atoms with van der Waals surface area (Å²) in [6.07, 6.45) is 3.38. The summed E-state index contributed by atoms with van der Waals surface area (Å²) in [5.74, 6) is 0.000647. The molecule has 2 aliphatic heterocycles. The van der Waals surface area contributed by atoms with E-state index in [2.05, 4.69) is 6.92 Å². The summed E-state index contributed by atoms with van der Waals surface area (Å²) in [6, 6.07) is 9.54. The number of hydrogen-bond acceptors (Lipinski definition) is 3. The van der Waals surface area contributed by atoms with Gasteiger partial charge in [0.25, 0.3) is 5.91 Å². The number of methoxy groups -OCH3 is 1. The largest absolute Gasteiger partial charge is 0.495 e. The number of anilines is 1. The molecule has 5 nitrogen and oxygen atoms in total. The minimum atomic E-state index is -0.369. The third-order valence-corrected chi connectivity index (χ3v) is 6.19. The number of hydrogen-bond donors (Lipinski definition) is 0. The van der Waals surface area contributed by atoms with Gasteiger partial charge in [-0.25, -0.2) is 4.39 Å². The first kappa shape index (κ1) is 20.4. The van der Waals surface area contributed by atoms with Crippen LogP contribution in [-0.4, -0.2) is 43.5 Å². The molecular weight excluding hydrogens is 383 g/mol. The monoisotopic (exact) mass is 410 g/mol. The molecule has 1 atom stereocenters. The molecule has 158 valence electrons. The molecule has 0 saturated carbocycles. The van der Waals surface area contributed by atoms with Crippen LogP contribution >= 0.6 is 0 Å². The third kappa shape index (κ3) is 3.78. The molecule has 6 heteroatoms. The number of halogens is 1. The van der Waals surface area contributed by atoms with Crippen LogP contribution in [0.2, 0.25) is 0 Å². The SMILES string of the molecule is COc1ccc(C)c2c1N(C(=O)C1CCCN(C(=O)c3ccc(F)cc3)C1)CCC2. The van der Waals surface area contributed by atoms with Gasteiger partial charge in [-0.3, -0.25) is 9.59 Å². The van der Waals surface area contributed by atoms with Crippen molar-refractivity contribution >= 4 is 17.5 Å². The van der Waals surface area contributed by atoms with Gasteiger partial charge in [0.05, 0.1) is 18.7 Å². The maximum atomic E-state index is 13.5. The molecule has 0 aromatic heterocycles. The van der Waals surface area contributed by atoms with E-state index in [0.29, 0.717) is 25.2 Å². The molecule has 2 heterocycles. The van der Waals surface area contributed by atoms with Crippen molar-refractivity contribution in [1.29, 1.82) is 0 Å². The van der Waals surface area contributed by atoms with Gasteiger partial charge in [-0.05, 0) is 74.1 Å². The van der Waals surface area contributed by atoms with Crippen LogP contribution in [0.25, 0.3) is 0 Å². The van der Waals surface area contributed by atoms with Crippen LogP contribution in [0.15, 0.2) is 36.4 Å². The first-order valence-electron chi connectivity index (χ1n) is 10.5. The van der Waals surface area contributed by atoms with E-state index >= 15 is 0 Å². The van der Waals surface area contributed by atoms with Gasteiger partial charge >= 0.3 is 0 Å². The summed E-state index contributed by atoms with van der Waals surface area (Å²) < 4.78 is 18.8. The van der Waals surface area contributed by atoms with Gasteiger partial charge in [0.15, 0.2) is 0 Å². The standard InChI is InChI=1S/C24H27FN2O3/c1-16-7-12-21(30-2)22-20(16)6-4-14-27(22)24(29)18-5-3-13-26(15-18)23(28)17-8-10-19(25)11-9-17/h7-12,18H,3-6,13-15H2,1-2H3. The Morgan fingerprint density at radius 3 is 2.57 bits per heavy atom. The van der Waals surface area contributed by atoms with E-state index in [0.717, 1.165) is 37.1 Å². The van der Waals surface area contributed by atoms with Crippen molar-refractivity contribution in [3.8, 4) is 5.75 Å². The molecule has 2 aliphatic rings. The second kappa shape index (κ2) is 8.46. The highest BCUT2D eigenvalue weighted by Crippen LogP contribution is 2.39. The summed E-state index contributed by atoms with van der Waals surface area (Å²) in [6.45, 7) is 3.72. The van der Waals surface area contributed by atoms with E-state index in [9.17, 15) is 14.0 Å². The molecule has 1 saturated heterocycles. The Kier molecular flexibility index (Phi) is 5.75. The van der Waals surface area contributed by atoms with E-state index in [-0.39, 0.29) is 23.5 Å². The molecule has 0 aliphatic carbocycles. The van der Waals surface area contributed by atoms with Gasteiger partial charge < -0.3 is 14.5 Å². The lowest BCUT2D eigenvalue weighted by molar-refractivity contribution is -0.123. The zero-order valence-electron chi connectivity index (χ0n) is 17.5. The van der Waals surface area contributed by atoms with Gasteiger partial charge in [-0.1, -0.05) is 6.07 Å². The Hall–Kier alpha value is -2.89. The number of likely N-dealkylation sites (tertiary alicyclic amines) is 1. The number of nitrogens with zero attached hydrogens (tertiary/aromatic N) is 2. The third-order valence-electron chi connectivity index (χ3n) is 6.19. The Morgan fingerprint density at radius 2 is 1.83 bits per heavy atom. The van der Waals surface area contributed by atoms with Crippen molar-refractivity contribution in [3.05, 3.63) is 58.9 Å². The van der Waals surface area contributed by atoms with Gasteiger partial charge in [0, 0.05) is 25.2 Å². The molecule has 0 bridgehead atoms. The number of amides is 2. The Bertz CT molecular complexity index is 958. The normalized spacial score (nSPS) is 18.7. The number of carbonyl (C=O) groups excluding carboxylic acids is 2. The molecule has 2 amide bonds. The molecule has 4 rings (SSSR count). The first-order chi connectivity index (χ1) is 14.5. The summed E-state index contributed by atoms with van der Waals surface area (Å²) in [7, 11) is 1.63. The van der Waals surface area contributed by atoms with E-state index in [1.807, 2.05) is 17.0 Å². The van der Waals surface area contributed by atoms with Crippen LogP contribution in [0, 0.1) is 18.7 Å². The molecule has 30 heavy (non-hydrogen) atoms. The number of carbonyl (C=O) groups is 2. The zero-order valence-corrected chi connectivity index (χ0v) is 17.5. The molecular formula is C24H27FN2O3. The second-order valence-corrected chi connectivity index (χ2v) is 8.10. The van der Waals surface area contributed by atoms with E-state index in [1.165, 1.54) is 35.4 Å². The van der Waals surface area contributed by atoms with Crippen LogP contribution in [-0.2, 0) is 11.2 Å². The van der Waals surface area contributed by atoms with Crippen molar-refractivity contribution < 1.29 is 18.7 Å². The molecule has 0 radical (unpaired) electrons. The number of benzene rings is 2. The smallest absolute Gasteiger partial charge is 0.253 e. The van der Waals surface area contributed by atoms with Crippen molar-refractivity contribution in [2.45, 2.75) is 32.6 Å². The quantitative estimate of drug-likeness (QED) is 0.769. The fourth-order valence-electron chi connectivity index (χ4n) is 4.60. The molecule has 0 spiro atoms. The van der Waals surface area contributed by atoms with Gasteiger partial charge in [0.1, 0.15) is 11.6 Å². The van der Waals surface area contributed by atoms with Crippen molar-refractivity contribution in [1.82, 2.24) is 4.90 Å². The minimum Gasteiger partial charge on any atom is -0.495 e. The van der Waals surface area contributed by atoms with E-state index < -0.39 is 0 Å². The van der Waals surface area contributed by atoms with Crippen molar-refractivity contribution in [2.24, 2.45) is 5.92 Å². The second-order valence-electron chi connectivity index (χ2n) is 8.10. The topological polar surface area (TPSA) is 49.9 Å². The maximum Gasteiger partial charge on any atom is 0.253 e. The van der Waals surface area contributed by atoms with E-state index in [4.69, 9.17) is 4.74 Å². The van der Waals surface area contributed by atoms with Crippen LogP contribution in [0.5, 0.6) is 5.75 Å². The van der Waals surface area contributed by atoms with Gasteiger partial charge in [0.2, 0.25) is 5.91 Å².